The van der Waals surface area contributed by atoms with Crippen LogP contribution >= 0.6 is 28.1 Å². The van der Waals surface area contributed by atoms with Crippen molar-refractivity contribution < 1.29 is 9.15 Å². The third-order valence-corrected chi connectivity index (χ3v) is 3.99. The van der Waals surface area contributed by atoms with E-state index in [1.165, 1.54) is 0 Å². The van der Waals surface area contributed by atoms with E-state index in [0.29, 0.717) is 16.7 Å². The number of ether oxygens (including phenoxy) is 1. The van der Waals surface area contributed by atoms with Crippen molar-refractivity contribution in [3.8, 4) is 5.75 Å². The van der Waals surface area contributed by atoms with Crippen LogP contribution in [0.2, 0.25) is 0 Å². The number of methoxy groups -OCH3 is 1. The van der Waals surface area contributed by atoms with E-state index in [1.807, 2.05) is 48.5 Å². The minimum absolute atomic E-state index is 0.239. The Balaban J connectivity index is 2.21. The Morgan fingerprint density at radius 3 is 2.57 bits per heavy atom. The lowest BCUT2D eigenvalue weighted by atomic mass is 10.2. The lowest BCUT2D eigenvalue weighted by Crippen LogP contribution is -2.20. The Kier molecular flexibility index (Phi) is 4.45. The van der Waals surface area contributed by atoms with Crippen molar-refractivity contribution in [1.29, 1.82) is 0 Å². The molecule has 0 radical (unpaired) electrons. The van der Waals surface area contributed by atoms with Gasteiger partial charge in [-0.2, -0.15) is 0 Å². The van der Waals surface area contributed by atoms with Crippen molar-refractivity contribution in [3.05, 3.63) is 64.1 Å². The van der Waals surface area contributed by atoms with Crippen LogP contribution in [0.5, 0.6) is 5.75 Å². The predicted molar refractivity (Wildman–Crippen MR) is 98.0 cm³/mol. The highest BCUT2D eigenvalue weighted by molar-refractivity contribution is 9.10. The molecule has 0 fully saturated rings. The van der Waals surface area contributed by atoms with Gasteiger partial charge in [-0.05, 0) is 48.5 Å². The first-order chi connectivity index (χ1) is 11.1. The fourth-order valence-electron chi connectivity index (χ4n) is 2.14. The maximum Gasteiger partial charge on any atom is 0.230 e. The van der Waals surface area contributed by atoms with Crippen LogP contribution in [-0.4, -0.2) is 12.1 Å². The van der Waals surface area contributed by atoms with Crippen molar-refractivity contribution in [3.63, 3.8) is 0 Å². The van der Waals surface area contributed by atoms with E-state index in [4.69, 9.17) is 27.1 Å². The molecule has 1 heterocycles. The topological polar surface area (TPSA) is 60.8 Å². The number of hydrogen-bond acceptors (Lipinski definition) is 4. The maximum atomic E-state index is 5.88. The molecule has 116 valence electrons. The number of benzene rings is 2. The lowest BCUT2D eigenvalue weighted by Gasteiger charge is -2.04. The quantitative estimate of drug-likeness (QED) is 0.686. The summed E-state index contributed by atoms with van der Waals surface area (Å²) in [6.45, 7) is 0. The van der Waals surface area contributed by atoms with Gasteiger partial charge < -0.3 is 14.9 Å². The minimum Gasteiger partial charge on any atom is -0.497 e. The van der Waals surface area contributed by atoms with Crippen molar-refractivity contribution in [2.24, 2.45) is 10.7 Å². The Morgan fingerprint density at radius 2 is 1.91 bits per heavy atom. The van der Waals surface area contributed by atoms with Gasteiger partial charge in [-0.1, -0.05) is 28.1 Å². The Labute approximate surface area is 146 Å². The van der Waals surface area contributed by atoms with Crippen LogP contribution in [-0.2, 0) is 0 Å². The molecule has 4 nitrogen and oxygen atoms in total. The summed E-state index contributed by atoms with van der Waals surface area (Å²) in [6.07, 6.45) is 0. The lowest BCUT2D eigenvalue weighted by molar-refractivity contribution is 0.415. The largest absolute Gasteiger partial charge is 0.497 e. The van der Waals surface area contributed by atoms with Gasteiger partial charge in [0.15, 0.2) is 0 Å². The van der Waals surface area contributed by atoms with Gasteiger partial charge in [-0.15, -0.1) is 0 Å². The average molecular weight is 389 g/mol. The highest BCUT2D eigenvalue weighted by Gasteiger charge is 2.07. The number of halogens is 1. The number of fused-ring (bicyclic) bond motifs is 1. The summed E-state index contributed by atoms with van der Waals surface area (Å²) in [6, 6.07) is 14.9. The van der Waals surface area contributed by atoms with Crippen LogP contribution < -0.4 is 16.0 Å². The molecular formula is C17H13BrN2O2S. The molecule has 0 spiro atoms. The van der Waals surface area contributed by atoms with Gasteiger partial charge in [0.2, 0.25) is 5.55 Å². The van der Waals surface area contributed by atoms with Gasteiger partial charge in [0.1, 0.15) is 16.3 Å². The first-order valence-electron chi connectivity index (χ1n) is 6.79. The van der Waals surface area contributed by atoms with Gasteiger partial charge in [0.25, 0.3) is 0 Å². The van der Waals surface area contributed by atoms with Crippen LogP contribution in [0.25, 0.3) is 11.0 Å². The molecule has 3 rings (SSSR count). The molecule has 0 aliphatic heterocycles. The summed E-state index contributed by atoms with van der Waals surface area (Å²) in [4.78, 5) is 4.75. The van der Waals surface area contributed by atoms with E-state index in [0.717, 1.165) is 21.3 Å². The molecule has 23 heavy (non-hydrogen) atoms. The molecule has 0 amide bonds. The Hall–Kier alpha value is -2.18. The summed E-state index contributed by atoms with van der Waals surface area (Å²) < 4.78 is 12.0. The number of nitrogens with zero attached hydrogens (tertiary/aromatic N) is 1. The highest BCUT2D eigenvalue weighted by atomic mass is 79.9. The zero-order valence-corrected chi connectivity index (χ0v) is 14.6. The summed E-state index contributed by atoms with van der Waals surface area (Å²) >= 11 is 8.57. The summed E-state index contributed by atoms with van der Waals surface area (Å²) in [5.41, 5.74) is 8.24. The molecule has 2 N–H and O–H groups in total. The van der Waals surface area contributed by atoms with Gasteiger partial charge in [0.05, 0.1) is 18.4 Å². The van der Waals surface area contributed by atoms with Crippen LogP contribution in [0.15, 0.2) is 62.4 Å². The van der Waals surface area contributed by atoms with E-state index in [-0.39, 0.29) is 4.99 Å². The van der Waals surface area contributed by atoms with E-state index >= 15 is 0 Å². The second-order valence-corrected chi connectivity index (χ2v) is 6.18. The zero-order chi connectivity index (χ0) is 16.4. The summed E-state index contributed by atoms with van der Waals surface area (Å²) in [5, 5.41) is 0.899. The SMILES string of the molecule is COc1ccc(/N=c2\oc3ccc(Br)cc3cc2C(N)=S)cc1. The standard InChI is InChI=1S/C17H13BrN2O2S/c1-21-13-5-3-12(4-6-13)20-17-14(16(19)23)9-10-8-11(18)2-7-15(10)22-17/h2-9H,1H3,(H2,19,23)/b20-17-. The van der Waals surface area contributed by atoms with Crippen LogP contribution in [0.4, 0.5) is 5.69 Å². The first kappa shape index (κ1) is 15.7. The molecule has 3 aromatic rings. The van der Waals surface area contributed by atoms with Crippen molar-refractivity contribution in [2.75, 3.05) is 7.11 Å². The van der Waals surface area contributed by atoms with Crippen LogP contribution in [0.3, 0.4) is 0 Å². The molecule has 0 aliphatic carbocycles. The smallest absolute Gasteiger partial charge is 0.230 e. The van der Waals surface area contributed by atoms with E-state index < -0.39 is 0 Å². The molecule has 6 heteroatoms. The predicted octanol–water partition coefficient (Wildman–Crippen LogP) is 4.07. The molecule has 0 bridgehead atoms. The average Bonchev–Trinajstić information content (AvgIpc) is 2.55. The molecule has 0 aliphatic rings. The van der Waals surface area contributed by atoms with Gasteiger partial charge in [-0.3, -0.25) is 0 Å². The monoisotopic (exact) mass is 388 g/mol. The van der Waals surface area contributed by atoms with E-state index in [1.54, 1.807) is 7.11 Å². The van der Waals surface area contributed by atoms with E-state index in [9.17, 15) is 0 Å². The Morgan fingerprint density at radius 1 is 1.17 bits per heavy atom. The fourth-order valence-corrected chi connectivity index (χ4v) is 2.66. The Bertz CT molecular complexity index is 949. The van der Waals surface area contributed by atoms with Crippen molar-refractivity contribution in [1.82, 2.24) is 0 Å². The fraction of sp³-hybridized carbons (Fsp3) is 0.0588. The maximum absolute atomic E-state index is 5.88. The van der Waals surface area contributed by atoms with Crippen LogP contribution in [0, 0.1) is 0 Å². The molecule has 0 unspecified atom stereocenters. The second kappa shape index (κ2) is 6.52. The van der Waals surface area contributed by atoms with Crippen molar-refractivity contribution in [2.45, 2.75) is 0 Å². The molecule has 0 saturated carbocycles. The van der Waals surface area contributed by atoms with Gasteiger partial charge in [0, 0.05) is 9.86 Å². The van der Waals surface area contributed by atoms with E-state index in [2.05, 4.69) is 20.9 Å². The highest BCUT2D eigenvalue weighted by Crippen LogP contribution is 2.21. The molecule has 1 aromatic heterocycles. The van der Waals surface area contributed by atoms with Gasteiger partial charge in [-0.25, -0.2) is 4.99 Å². The summed E-state index contributed by atoms with van der Waals surface area (Å²) in [7, 11) is 1.62. The van der Waals surface area contributed by atoms with Crippen molar-refractivity contribution >= 4 is 49.8 Å². The number of hydrogen-bond donors (Lipinski definition) is 1. The zero-order valence-electron chi connectivity index (χ0n) is 12.2. The molecular weight excluding hydrogens is 376 g/mol. The minimum atomic E-state index is 0.239. The summed E-state index contributed by atoms with van der Waals surface area (Å²) in [5.74, 6) is 0.763. The number of thiocarbonyl (C=S) groups is 1. The second-order valence-electron chi connectivity index (χ2n) is 4.82. The number of nitrogens with two attached hydrogens (primary N) is 1. The van der Waals surface area contributed by atoms with Crippen LogP contribution in [0.1, 0.15) is 5.56 Å². The molecule has 2 aromatic carbocycles. The third-order valence-electron chi connectivity index (χ3n) is 3.28. The van der Waals surface area contributed by atoms with Gasteiger partial charge >= 0.3 is 0 Å². The first-order valence-corrected chi connectivity index (χ1v) is 7.99. The number of rotatable bonds is 3. The third kappa shape index (κ3) is 3.43. The normalized spacial score (nSPS) is 11.7. The molecule has 0 saturated heterocycles. The molecule has 0 atom stereocenters.